The smallest absolute Gasteiger partial charge is 0.315 e. The number of likely N-dealkylation sites (N-methyl/N-ethyl adjacent to an activating group) is 1. The highest BCUT2D eigenvalue weighted by Crippen LogP contribution is 2.47. The Morgan fingerprint density at radius 1 is 1.16 bits per heavy atom. The van der Waals surface area contributed by atoms with Gasteiger partial charge in [-0.3, -0.25) is 9.69 Å². The number of rotatable bonds is 6. The van der Waals surface area contributed by atoms with Crippen LogP contribution in [0.3, 0.4) is 0 Å². The van der Waals surface area contributed by atoms with Crippen LogP contribution in [0.5, 0.6) is 0 Å². The van der Waals surface area contributed by atoms with Crippen molar-refractivity contribution < 1.29 is 9.59 Å². The molecular formula is C19H28N4O2. The molecule has 3 rings (SSSR count). The number of hydrogen-bond acceptors (Lipinski definition) is 3. The Hall–Kier alpha value is -2.08. The molecule has 0 aromatic heterocycles. The highest BCUT2D eigenvalue weighted by atomic mass is 16.2. The van der Waals surface area contributed by atoms with Crippen molar-refractivity contribution >= 4 is 11.9 Å². The van der Waals surface area contributed by atoms with Gasteiger partial charge in [-0.25, -0.2) is 4.79 Å². The lowest BCUT2D eigenvalue weighted by atomic mass is 9.96. The summed E-state index contributed by atoms with van der Waals surface area (Å²) in [5.41, 5.74) is 1.45. The van der Waals surface area contributed by atoms with Crippen molar-refractivity contribution in [3.63, 3.8) is 0 Å². The lowest BCUT2D eigenvalue weighted by Crippen LogP contribution is -2.50. The fraction of sp³-hybridized carbons (Fsp3) is 0.579. The van der Waals surface area contributed by atoms with Crippen molar-refractivity contribution in [2.45, 2.75) is 37.1 Å². The molecule has 0 radical (unpaired) electrons. The van der Waals surface area contributed by atoms with Gasteiger partial charge in [0.05, 0.1) is 6.54 Å². The molecule has 1 heterocycles. The van der Waals surface area contributed by atoms with Crippen molar-refractivity contribution in [2.75, 3.05) is 33.2 Å². The van der Waals surface area contributed by atoms with Gasteiger partial charge >= 0.3 is 6.03 Å². The van der Waals surface area contributed by atoms with Crippen molar-refractivity contribution in [3.05, 3.63) is 35.9 Å². The van der Waals surface area contributed by atoms with Crippen molar-refractivity contribution in [1.82, 2.24) is 20.9 Å². The number of amides is 3. The van der Waals surface area contributed by atoms with E-state index in [1.165, 1.54) is 5.56 Å². The summed E-state index contributed by atoms with van der Waals surface area (Å²) in [7, 11) is 1.66. The molecule has 2 aliphatic rings. The van der Waals surface area contributed by atoms with E-state index < -0.39 is 0 Å². The Morgan fingerprint density at radius 3 is 2.44 bits per heavy atom. The number of nitrogens with one attached hydrogen (secondary N) is 3. The number of carbonyl (C=O) groups excluding carboxylic acids is 2. The van der Waals surface area contributed by atoms with Gasteiger partial charge in [-0.05, 0) is 31.2 Å². The first-order chi connectivity index (χ1) is 12.1. The van der Waals surface area contributed by atoms with Gasteiger partial charge in [0.25, 0.3) is 0 Å². The third kappa shape index (κ3) is 4.72. The largest absolute Gasteiger partial charge is 0.358 e. The van der Waals surface area contributed by atoms with E-state index in [2.05, 4.69) is 45.1 Å². The Kier molecular flexibility index (Phi) is 5.58. The van der Waals surface area contributed by atoms with Crippen LogP contribution in [0.25, 0.3) is 0 Å². The van der Waals surface area contributed by atoms with Crippen LogP contribution in [0.15, 0.2) is 30.3 Å². The molecule has 3 amide bonds. The van der Waals surface area contributed by atoms with Gasteiger partial charge in [0, 0.05) is 38.1 Å². The molecule has 1 saturated carbocycles. The molecule has 0 spiro atoms. The van der Waals surface area contributed by atoms with Gasteiger partial charge in [-0.2, -0.15) is 0 Å². The maximum Gasteiger partial charge on any atom is 0.315 e. The molecule has 6 heteroatoms. The predicted molar refractivity (Wildman–Crippen MR) is 97.4 cm³/mol. The van der Waals surface area contributed by atoms with Crippen molar-refractivity contribution in [1.29, 1.82) is 0 Å². The summed E-state index contributed by atoms with van der Waals surface area (Å²) < 4.78 is 0. The Labute approximate surface area is 149 Å². The fourth-order valence-corrected chi connectivity index (χ4v) is 3.51. The SMILES string of the molecule is CNC(=O)CN1CCC(NC(=O)NCC2(c3ccccc3)CC2)CC1. The first kappa shape index (κ1) is 17.7. The first-order valence-corrected chi connectivity index (χ1v) is 9.14. The van der Waals surface area contributed by atoms with E-state index in [9.17, 15) is 9.59 Å². The molecule has 2 fully saturated rings. The molecule has 0 unspecified atom stereocenters. The highest BCUT2D eigenvalue weighted by molar-refractivity contribution is 5.77. The molecule has 136 valence electrons. The van der Waals surface area contributed by atoms with E-state index in [0.29, 0.717) is 13.1 Å². The van der Waals surface area contributed by atoms with Crippen LogP contribution in [-0.2, 0) is 10.2 Å². The zero-order chi connectivity index (χ0) is 17.7. The first-order valence-electron chi connectivity index (χ1n) is 9.14. The molecule has 25 heavy (non-hydrogen) atoms. The normalized spacial score (nSPS) is 19.9. The van der Waals surface area contributed by atoms with Crippen LogP contribution in [0, 0.1) is 0 Å². The number of urea groups is 1. The second-order valence-electron chi connectivity index (χ2n) is 7.20. The zero-order valence-corrected chi connectivity index (χ0v) is 14.9. The lowest BCUT2D eigenvalue weighted by Gasteiger charge is -2.31. The average molecular weight is 344 g/mol. The fourth-order valence-electron chi connectivity index (χ4n) is 3.51. The van der Waals surface area contributed by atoms with Crippen LogP contribution < -0.4 is 16.0 Å². The predicted octanol–water partition coefficient (Wildman–Crippen LogP) is 1.23. The lowest BCUT2D eigenvalue weighted by molar-refractivity contribution is -0.122. The topological polar surface area (TPSA) is 73.5 Å². The number of carbonyl (C=O) groups is 2. The summed E-state index contributed by atoms with van der Waals surface area (Å²) in [6.07, 6.45) is 4.03. The monoisotopic (exact) mass is 344 g/mol. The van der Waals surface area contributed by atoms with Crippen LogP contribution in [0.2, 0.25) is 0 Å². The molecule has 3 N–H and O–H groups in total. The number of piperidine rings is 1. The van der Waals surface area contributed by atoms with Crippen LogP contribution in [0.4, 0.5) is 4.79 Å². The summed E-state index contributed by atoms with van der Waals surface area (Å²) in [5.74, 6) is 0.0415. The average Bonchev–Trinajstić information content (AvgIpc) is 3.44. The van der Waals surface area contributed by atoms with Crippen LogP contribution in [0.1, 0.15) is 31.2 Å². The molecule has 1 saturated heterocycles. The third-order valence-corrected chi connectivity index (χ3v) is 5.40. The van der Waals surface area contributed by atoms with Crippen molar-refractivity contribution in [2.24, 2.45) is 0 Å². The van der Waals surface area contributed by atoms with E-state index in [1.807, 2.05) is 6.07 Å². The number of nitrogens with zero attached hydrogens (tertiary/aromatic N) is 1. The molecule has 0 bridgehead atoms. The summed E-state index contributed by atoms with van der Waals surface area (Å²) >= 11 is 0. The molecule has 6 nitrogen and oxygen atoms in total. The Balaban J connectivity index is 1.39. The molecule has 1 aromatic carbocycles. The Bertz CT molecular complexity index is 593. The summed E-state index contributed by atoms with van der Waals surface area (Å²) in [5, 5.41) is 8.78. The second-order valence-corrected chi connectivity index (χ2v) is 7.20. The standard InChI is InChI=1S/C19H28N4O2/c1-20-17(24)13-23-11-7-16(8-12-23)22-18(25)21-14-19(9-10-19)15-5-3-2-4-6-15/h2-6,16H,7-14H2,1H3,(H,20,24)(H2,21,22,25). The number of hydrogen-bond donors (Lipinski definition) is 3. The van der Waals surface area contributed by atoms with Gasteiger partial charge in [0.2, 0.25) is 5.91 Å². The third-order valence-electron chi connectivity index (χ3n) is 5.40. The van der Waals surface area contributed by atoms with Gasteiger partial charge in [0.1, 0.15) is 0 Å². The molecule has 1 aliphatic carbocycles. The number of likely N-dealkylation sites (tertiary alicyclic amines) is 1. The zero-order valence-electron chi connectivity index (χ0n) is 14.9. The summed E-state index contributed by atoms with van der Waals surface area (Å²) in [4.78, 5) is 25.8. The second kappa shape index (κ2) is 7.87. The van der Waals surface area contributed by atoms with E-state index in [0.717, 1.165) is 38.8 Å². The van der Waals surface area contributed by atoms with Gasteiger partial charge < -0.3 is 16.0 Å². The Morgan fingerprint density at radius 2 is 1.84 bits per heavy atom. The van der Waals surface area contributed by atoms with E-state index in [1.54, 1.807) is 7.05 Å². The van der Waals surface area contributed by atoms with Crippen molar-refractivity contribution in [3.8, 4) is 0 Å². The maximum absolute atomic E-state index is 12.2. The van der Waals surface area contributed by atoms with E-state index in [-0.39, 0.29) is 23.4 Å². The number of benzene rings is 1. The minimum absolute atomic E-state index is 0.0415. The minimum atomic E-state index is -0.0769. The minimum Gasteiger partial charge on any atom is -0.358 e. The molecule has 1 aliphatic heterocycles. The molecule has 1 aromatic rings. The van der Waals surface area contributed by atoms with E-state index >= 15 is 0 Å². The molecule has 0 atom stereocenters. The van der Waals surface area contributed by atoms with Crippen LogP contribution >= 0.6 is 0 Å². The maximum atomic E-state index is 12.2. The van der Waals surface area contributed by atoms with Crippen LogP contribution in [-0.4, -0.2) is 56.1 Å². The van der Waals surface area contributed by atoms with Gasteiger partial charge in [-0.1, -0.05) is 30.3 Å². The molecular weight excluding hydrogens is 316 g/mol. The van der Waals surface area contributed by atoms with Gasteiger partial charge in [0.15, 0.2) is 0 Å². The summed E-state index contributed by atoms with van der Waals surface area (Å²) in [6, 6.07) is 10.5. The van der Waals surface area contributed by atoms with E-state index in [4.69, 9.17) is 0 Å². The van der Waals surface area contributed by atoms with Gasteiger partial charge in [-0.15, -0.1) is 0 Å². The quantitative estimate of drug-likeness (QED) is 0.727. The highest BCUT2D eigenvalue weighted by Gasteiger charge is 2.44. The summed E-state index contributed by atoms with van der Waals surface area (Å²) in [6.45, 7) is 2.81.